The number of hydrogen-bond donors (Lipinski definition) is 0. The number of ether oxygens (including phenoxy) is 2. The number of rotatable bonds is 5. The zero-order valence-electron chi connectivity index (χ0n) is 16.1. The van der Waals surface area contributed by atoms with Crippen LogP contribution in [-0.4, -0.2) is 42.7 Å². The van der Waals surface area contributed by atoms with Crippen LogP contribution in [0.5, 0.6) is 5.75 Å². The van der Waals surface area contributed by atoms with Crippen molar-refractivity contribution in [3.05, 3.63) is 48.2 Å². The maximum absolute atomic E-state index is 11.8. The highest BCUT2D eigenvalue weighted by molar-refractivity contribution is 5.91. The van der Waals surface area contributed by atoms with Crippen molar-refractivity contribution in [1.82, 2.24) is 9.97 Å². The Hall–Kier alpha value is -3.15. The Labute approximate surface area is 164 Å². The monoisotopic (exact) mass is 377 g/mol. The van der Waals surface area contributed by atoms with E-state index in [9.17, 15) is 4.79 Å². The van der Waals surface area contributed by atoms with Gasteiger partial charge in [0, 0.05) is 36.4 Å². The minimum atomic E-state index is -0.371. The van der Waals surface area contributed by atoms with Crippen molar-refractivity contribution in [2.24, 2.45) is 0 Å². The fraction of sp³-hybridized carbons (Fsp3) is 0.318. The molecule has 0 saturated carbocycles. The highest BCUT2D eigenvalue weighted by atomic mass is 16.5. The van der Waals surface area contributed by atoms with Gasteiger partial charge in [0.15, 0.2) is 0 Å². The topological polar surface area (TPSA) is 64.5 Å². The number of fused-ring (bicyclic) bond motifs is 1. The Morgan fingerprint density at radius 2 is 1.89 bits per heavy atom. The molecule has 6 nitrogen and oxygen atoms in total. The molecule has 0 bridgehead atoms. The average molecular weight is 377 g/mol. The average Bonchev–Trinajstić information content (AvgIpc) is 3.28. The Kier molecular flexibility index (Phi) is 5.10. The molecule has 3 aromatic rings. The van der Waals surface area contributed by atoms with Crippen molar-refractivity contribution in [1.29, 1.82) is 0 Å². The van der Waals surface area contributed by atoms with Crippen molar-refractivity contribution in [2.45, 2.75) is 19.8 Å². The molecular formula is C22H23N3O3. The van der Waals surface area contributed by atoms with Crippen molar-refractivity contribution < 1.29 is 14.3 Å². The summed E-state index contributed by atoms with van der Waals surface area (Å²) in [6.45, 7) is 4.28. The van der Waals surface area contributed by atoms with Gasteiger partial charge in [0.25, 0.3) is 0 Å². The summed E-state index contributed by atoms with van der Waals surface area (Å²) in [6.07, 6.45) is 3.98. The predicted octanol–water partition coefficient (Wildman–Crippen LogP) is 4.08. The molecule has 0 aliphatic carbocycles. The van der Waals surface area contributed by atoms with E-state index < -0.39 is 0 Å². The molecule has 0 unspecified atom stereocenters. The molecule has 3 heterocycles. The molecule has 0 atom stereocenters. The minimum absolute atomic E-state index is 0.339. The van der Waals surface area contributed by atoms with Crippen LogP contribution in [0.4, 0.5) is 5.69 Å². The number of hydrogen-bond acceptors (Lipinski definition) is 6. The lowest BCUT2D eigenvalue weighted by Gasteiger charge is -2.19. The molecule has 28 heavy (non-hydrogen) atoms. The van der Waals surface area contributed by atoms with Crippen LogP contribution in [0.1, 0.15) is 30.1 Å². The third kappa shape index (κ3) is 3.50. The molecule has 1 saturated heterocycles. The molecule has 0 N–H and O–H groups in total. The second-order valence-electron chi connectivity index (χ2n) is 6.76. The molecule has 4 rings (SSSR count). The summed E-state index contributed by atoms with van der Waals surface area (Å²) in [5.74, 6) is 0.383. The molecule has 6 heteroatoms. The lowest BCUT2D eigenvalue weighted by atomic mass is 10.1. The first kappa shape index (κ1) is 18.2. The molecule has 1 aliphatic rings. The molecular weight excluding hydrogens is 354 g/mol. The third-order valence-corrected chi connectivity index (χ3v) is 4.97. The van der Waals surface area contributed by atoms with Crippen LogP contribution >= 0.6 is 0 Å². The first-order valence-electron chi connectivity index (χ1n) is 9.57. The van der Waals surface area contributed by atoms with E-state index in [4.69, 9.17) is 14.5 Å². The van der Waals surface area contributed by atoms with Crippen molar-refractivity contribution in [2.75, 3.05) is 31.7 Å². The number of aromatic nitrogens is 2. The normalized spacial score (nSPS) is 13.7. The quantitative estimate of drug-likeness (QED) is 0.624. The molecule has 1 aliphatic heterocycles. The summed E-state index contributed by atoms with van der Waals surface area (Å²) in [5, 5.41) is 1.04. The van der Waals surface area contributed by atoms with Crippen LogP contribution < -0.4 is 9.64 Å². The lowest BCUT2D eigenvalue weighted by molar-refractivity contribution is 0.0526. The fourth-order valence-electron chi connectivity index (χ4n) is 3.52. The SMILES string of the molecule is CCOC(=O)c1ccc(-c2ccc3cc(N4CCCC4)cc(OC)c3n2)nc1. The highest BCUT2D eigenvalue weighted by Crippen LogP contribution is 2.33. The number of benzene rings is 1. The van der Waals surface area contributed by atoms with Crippen molar-refractivity contribution in [3.63, 3.8) is 0 Å². The third-order valence-electron chi connectivity index (χ3n) is 4.97. The van der Waals surface area contributed by atoms with Gasteiger partial charge in [0.05, 0.1) is 30.7 Å². The molecule has 2 aromatic heterocycles. The second kappa shape index (κ2) is 7.84. The van der Waals surface area contributed by atoms with Gasteiger partial charge in [0.1, 0.15) is 11.3 Å². The van der Waals surface area contributed by atoms with E-state index in [1.165, 1.54) is 24.7 Å². The Morgan fingerprint density at radius 1 is 1.11 bits per heavy atom. The van der Waals surface area contributed by atoms with E-state index in [-0.39, 0.29) is 5.97 Å². The smallest absolute Gasteiger partial charge is 0.339 e. The number of nitrogens with zero attached hydrogens (tertiary/aromatic N) is 3. The number of pyridine rings is 2. The molecule has 144 valence electrons. The largest absolute Gasteiger partial charge is 0.494 e. The first-order valence-corrected chi connectivity index (χ1v) is 9.57. The zero-order valence-corrected chi connectivity index (χ0v) is 16.1. The Bertz CT molecular complexity index is 996. The van der Waals surface area contributed by atoms with Gasteiger partial charge in [-0.15, -0.1) is 0 Å². The van der Waals surface area contributed by atoms with Gasteiger partial charge >= 0.3 is 5.97 Å². The molecule has 1 aromatic carbocycles. The van der Waals surface area contributed by atoms with Gasteiger partial charge in [0.2, 0.25) is 0 Å². The maximum atomic E-state index is 11.8. The van der Waals surface area contributed by atoms with Crippen LogP contribution in [0.25, 0.3) is 22.3 Å². The Balaban J connectivity index is 1.69. The van der Waals surface area contributed by atoms with E-state index >= 15 is 0 Å². The number of anilines is 1. The molecule has 0 amide bonds. The molecule has 1 fully saturated rings. The van der Waals surface area contributed by atoms with Gasteiger partial charge in [-0.2, -0.15) is 0 Å². The maximum Gasteiger partial charge on any atom is 0.339 e. The predicted molar refractivity (Wildman–Crippen MR) is 109 cm³/mol. The van der Waals surface area contributed by atoms with E-state index in [0.717, 1.165) is 35.4 Å². The number of methoxy groups -OCH3 is 1. The van der Waals surface area contributed by atoms with Crippen LogP contribution in [0, 0.1) is 0 Å². The molecule has 0 radical (unpaired) electrons. The van der Waals surface area contributed by atoms with Crippen LogP contribution in [0.15, 0.2) is 42.6 Å². The highest BCUT2D eigenvalue weighted by Gasteiger charge is 2.16. The van der Waals surface area contributed by atoms with Crippen molar-refractivity contribution in [3.8, 4) is 17.1 Å². The van der Waals surface area contributed by atoms with Crippen LogP contribution in [-0.2, 0) is 4.74 Å². The minimum Gasteiger partial charge on any atom is -0.494 e. The van der Waals surface area contributed by atoms with Gasteiger partial charge < -0.3 is 14.4 Å². The zero-order chi connectivity index (χ0) is 19.5. The first-order chi connectivity index (χ1) is 13.7. The van der Waals surface area contributed by atoms with E-state index in [1.54, 1.807) is 26.2 Å². The summed E-state index contributed by atoms with van der Waals surface area (Å²) in [7, 11) is 1.67. The summed E-state index contributed by atoms with van der Waals surface area (Å²) >= 11 is 0. The standard InChI is InChI=1S/C22H23N3O3/c1-3-28-22(26)16-7-8-18(23-14-16)19-9-6-15-12-17(25-10-4-5-11-25)13-20(27-2)21(15)24-19/h6-9,12-14H,3-5,10-11H2,1-2H3. The summed E-state index contributed by atoms with van der Waals surface area (Å²) < 4.78 is 10.6. The van der Waals surface area contributed by atoms with Gasteiger partial charge in [-0.1, -0.05) is 6.07 Å². The van der Waals surface area contributed by atoms with E-state index in [1.807, 2.05) is 12.1 Å². The van der Waals surface area contributed by atoms with Gasteiger partial charge in [-0.3, -0.25) is 4.98 Å². The fourth-order valence-corrected chi connectivity index (χ4v) is 3.52. The second-order valence-corrected chi connectivity index (χ2v) is 6.76. The van der Waals surface area contributed by atoms with E-state index in [0.29, 0.717) is 17.9 Å². The summed E-state index contributed by atoms with van der Waals surface area (Å²) in [5.41, 5.74) is 3.84. The van der Waals surface area contributed by atoms with Crippen LogP contribution in [0.2, 0.25) is 0 Å². The summed E-state index contributed by atoms with van der Waals surface area (Å²) in [6, 6.07) is 11.7. The number of carbonyl (C=O) groups excluding carboxylic acids is 1. The summed E-state index contributed by atoms with van der Waals surface area (Å²) in [4.78, 5) is 23.3. The Morgan fingerprint density at radius 3 is 2.57 bits per heavy atom. The van der Waals surface area contributed by atoms with E-state index in [2.05, 4.69) is 22.0 Å². The number of esters is 1. The van der Waals surface area contributed by atoms with Crippen molar-refractivity contribution >= 4 is 22.6 Å². The van der Waals surface area contributed by atoms with Gasteiger partial charge in [-0.25, -0.2) is 9.78 Å². The van der Waals surface area contributed by atoms with Gasteiger partial charge in [-0.05, 0) is 44.0 Å². The number of carbonyl (C=O) groups is 1. The van der Waals surface area contributed by atoms with Crippen LogP contribution in [0.3, 0.4) is 0 Å². The molecule has 0 spiro atoms. The lowest BCUT2D eigenvalue weighted by Crippen LogP contribution is -2.17.